The summed E-state index contributed by atoms with van der Waals surface area (Å²) < 4.78 is 37.3. The highest BCUT2D eigenvalue weighted by Gasteiger charge is 2.33. The second kappa shape index (κ2) is 4.29. The summed E-state index contributed by atoms with van der Waals surface area (Å²) in [5.41, 5.74) is -0.372. The largest absolute Gasteiger partial charge is 0.418 e. The van der Waals surface area contributed by atoms with Crippen LogP contribution in [-0.4, -0.2) is 9.81 Å². The van der Waals surface area contributed by atoms with Crippen molar-refractivity contribution in [3.05, 3.63) is 29.6 Å². The van der Waals surface area contributed by atoms with Crippen molar-refractivity contribution in [1.29, 1.82) is 0 Å². The number of hydrogen-bond donors (Lipinski definition) is 0. The Morgan fingerprint density at radius 3 is 2.64 bits per heavy atom. The lowest BCUT2D eigenvalue weighted by molar-refractivity contribution is -0.138. The summed E-state index contributed by atoms with van der Waals surface area (Å²) in [5, 5.41) is 0. The van der Waals surface area contributed by atoms with Crippen molar-refractivity contribution in [2.45, 2.75) is 24.3 Å². The molecule has 0 bridgehead atoms. The molecule has 1 nitrogen and oxygen atoms in total. The zero-order valence-corrected chi connectivity index (χ0v) is 9.06. The molecule has 0 saturated heterocycles. The highest BCUT2D eigenvalue weighted by Crippen LogP contribution is 2.32. The number of hydrogen-bond acceptors (Lipinski definition) is 1. The quantitative estimate of drug-likeness (QED) is 0.749. The molecule has 1 atom stereocenters. The van der Waals surface area contributed by atoms with Crippen LogP contribution in [0.5, 0.6) is 0 Å². The Labute approximate surface area is 88.5 Å². The molecule has 78 valence electrons. The molecular formula is C9H9BrF3N. The van der Waals surface area contributed by atoms with Crippen molar-refractivity contribution < 1.29 is 13.2 Å². The van der Waals surface area contributed by atoms with E-state index >= 15 is 0 Å². The van der Waals surface area contributed by atoms with Gasteiger partial charge < -0.3 is 0 Å². The molecule has 0 aromatic carbocycles. The molecule has 0 aliphatic rings. The lowest BCUT2D eigenvalue weighted by Gasteiger charge is -2.12. The van der Waals surface area contributed by atoms with Crippen LogP contribution in [-0.2, 0) is 12.6 Å². The van der Waals surface area contributed by atoms with Crippen LogP contribution in [0.3, 0.4) is 0 Å². The van der Waals surface area contributed by atoms with E-state index in [9.17, 15) is 13.2 Å². The van der Waals surface area contributed by atoms with Crippen LogP contribution < -0.4 is 0 Å². The van der Waals surface area contributed by atoms with Crippen molar-refractivity contribution in [2.24, 2.45) is 0 Å². The van der Waals surface area contributed by atoms with Crippen LogP contribution >= 0.6 is 15.9 Å². The maximum Gasteiger partial charge on any atom is 0.418 e. The van der Waals surface area contributed by atoms with Gasteiger partial charge in [-0.3, -0.25) is 4.98 Å². The number of aromatic nitrogens is 1. The number of pyridine rings is 1. The van der Waals surface area contributed by atoms with Gasteiger partial charge in [0.25, 0.3) is 0 Å². The molecule has 0 fully saturated rings. The lowest BCUT2D eigenvalue weighted by atomic mass is 10.1. The normalized spacial score (nSPS) is 14.1. The molecule has 1 unspecified atom stereocenters. The van der Waals surface area contributed by atoms with E-state index in [1.165, 1.54) is 12.3 Å². The summed E-state index contributed by atoms with van der Waals surface area (Å²) in [6.07, 6.45) is -1.73. The molecule has 14 heavy (non-hydrogen) atoms. The molecule has 0 saturated carbocycles. The van der Waals surface area contributed by atoms with Crippen LogP contribution in [0.1, 0.15) is 18.1 Å². The lowest BCUT2D eigenvalue weighted by Crippen LogP contribution is -2.11. The standard InChI is InChI=1S/C9H9BrF3N/c1-6(10)4-7-2-3-14-5-8(7)9(11,12)13/h2-3,5-6H,4H2,1H3. The molecule has 1 heterocycles. The Morgan fingerprint density at radius 2 is 2.14 bits per heavy atom. The number of halogens is 4. The zero-order valence-electron chi connectivity index (χ0n) is 7.48. The zero-order chi connectivity index (χ0) is 10.8. The van der Waals surface area contributed by atoms with Gasteiger partial charge in [-0.25, -0.2) is 0 Å². The van der Waals surface area contributed by atoms with Crippen molar-refractivity contribution in [3.63, 3.8) is 0 Å². The first-order chi connectivity index (χ1) is 6.41. The maximum atomic E-state index is 12.4. The fourth-order valence-corrected chi connectivity index (χ4v) is 1.51. The van der Waals surface area contributed by atoms with Gasteiger partial charge in [0, 0.05) is 17.2 Å². The van der Waals surface area contributed by atoms with Crippen molar-refractivity contribution in [2.75, 3.05) is 0 Å². The van der Waals surface area contributed by atoms with E-state index < -0.39 is 11.7 Å². The summed E-state index contributed by atoms with van der Waals surface area (Å²) in [5.74, 6) is 0. The highest BCUT2D eigenvalue weighted by atomic mass is 79.9. The predicted octanol–water partition coefficient (Wildman–Crippen LogP) is 3.43. The van der Waals surface area contributed by atoms with E-state index in [1.54, 1.807) is 6.92 Å². The summed E-state index contributed by atoms with van der Waals surface area (Å²) in [4.78, 5) is 3.50. The molecular weight excluding hydrogens is 259 g/mol. The number of alkyl halides is 4. The third-order valence-electron chi connectivity index (χ3n) is 1.72. The molecule has 1 rings (SSSR count). The van der Waals surface area contributed by atoms with Gasteiger partial charge in [0.15, 0.2) is 0 Å². The summed E-state index contributed by atoms with van der Waals surface area (Å²) >= 11 is 3.22. The molecule has 0 radical (unpaired) electrons. The first kappa shape index (κ1) is 11.5. The van der Waals surface area contributed by atoms with Gasteiger partial charge in [-0.1, -0.05) is 22.9 Å². The fourth-order valence-electron chi connectivity index (χ4n) is 1.16. The Bertz CT molecular complexity index is 309. The van der Waals surface area contributed by atoms with Crippen LogP contribution in [0.15, 0.2) is 18.5 Å². The first-order valence-corrected chi connectivity index (χ1v) is 4.97. The van der Waals surface area contributed by atoms with Crippen molar-refractivity contribution in [3.8, 4) is 0 Å². The monoisotopic (exact) mass is 267 g/mol. The Kier molecular flexibility index (Phi) is 3.53. The van der Waals surface area contributed by atoms with E-state index in [-0.39, 0.29) is 10.4 Å². The average molecular weight is 268 g/mol. The second-order valence-electron chi connectivity index (χ2n) is 3.02. The van der Waals surface area contributed by atoms with Gasteiger partial charge in [-0.2, -0.15) is 13.2 Å². The molecule has 5 heteroatoms. The van der Waals surface area contributed by atoms with Gasteiger partial charge in [0.05, 0.1) is 5.56 Å². The average Bonchev–Trinajstić information content (AvgIpc) is 2.01. The van der Waals surface area contributed by atoms with E-state index in [0.29, 0.717) is 6.42 Å². The predicted molar refractivity (Wildman–Crippen MR) is 51.3 cm³/mol. The van der Waals surface area contributed by atoms with E-state index in [1.807, 2.05) is 0 Å². The minimum Gasteiger partial charge on any atom is -0.264 e. The summed E-state index contributed by atoms with van der Waals surface area (Å²) in [6.45, 7) is 1.81. The second-order valence-corrected chi connectivity index (χ2v) is 4.58. The summed E-state index contributed by atoms with van der Waals surface area (Å²) in [7, 11) is 0. The molecule has 1 aromatic rings. The third kappa shape index (κ3) is 2.97. The Hall–Kier alpha value is -0.580. The Morgan fingerprint density at radius 1 is 1.50 bits per heavy atom. The SMILES string of the molecule is CC(Br)Cc1ccncc1C(F)(F)F. The van der Waals surface area contributed by atoms with Gasteiger partial charge in [0.2, 0.25) is 0 Å². The smallest absolute Gasteiger partial charge is 0.264 e. The van der Waals surface area contributed by atoms with E-state index in [0.717, 1.165) is 6.20 Å². The number of rotatable bonds is 2. The molecule has 1 aromatic heterocycles. The maximum absolute atomic E-state index is 12.4. The van der Waals surface area contributed by atoms with E-state index in [2.05, 4.69) is 20.9 Å². The molecule has 0 N–H and O–H groups in total. The first-order valence-electron chi connectivity index (χ1n) is 4.05. The molecule has 0 aliphatic heterocycles. The van der Waals surface area contributed by atoms with Crippen LogP contribution in [0.2, 0.25) is 0 Å². The van der Waals surface area contributed by atoms with Crippen molar-refractivity contribution in [1.82, 2.24) is 4.98 Å². The molecule has 0 aliphatic carbocycles. The molecule has 0 spiro atoms. The van der Waals surface area contributed by atoms with Gasteiger partial charge in [-0.15, -0.1) is 0 Å². The highest BCUT2D eigenvalue weighted by molar-refractivity contribution is 9.09. The number of nitrogens with zero attached hydrogens (tertiary/aromatic N) is 1. The van der Waals surface area contributed by atoms with Gasteiger partial charge in [-0.05, 0) is 18.1 Å². The van der Waals surface area contributed by atoms with Crippen LogP contribution in [0, 0.1) is 0 Å². The van der Waals surface area contributed by atoms with Crippen molar-refractivity contribution >= 4 is 15.9 Å². The van der Waals surface area contributed by atoms with Crippen LogP contribution in [0.4, 0.5) is 13.2 Å². The minimum absolute atomic E-state index is 0.0194. The fraction of sp³-hybridized carbons (Fsp3) is 0.444. The van der Waals surface area contributed by atoms with Crippen LogP contribution in [0.25, 0.3) is 0 Å². The minimum atomic E-state index is -4.31. The third-order valence-corrected chi connectivity index (χ3v) is 2.04. The Balaban J connectivity index is 3.04. The summed E-state index contributed by atoms with van der Waals surface area (Å²) in [6, 6.07) is 1.40. The van der Waals surface area contributed by atoms with Gasteiger partial charge >= 0.3 is 6.18 Å². The van der Waals surface area contributed by atoms with Gasteiger partial charge in [0.1, 0.15) is 0 Å². The topological polar surface area (TPSA) is 12.9 Å². The molecule has 0 amide bonds. The van der Waals surface area contributed by atoms with E-state index in [4.69, 9.17) is 0 Å².